The first-order chi connectivity index (χ1) is 18.8. The molecule has 3 amide bonds. The molecule has 3 aliphatic rings. The van der Waals surface area contributed by atoms with Crippen LogP contribution in [0.4, 0.5) is 5.69 Å². The first-order valence-corrected chi connectivity index (χ1v) is 13.9. The lowest BCUT2D eigenvalue weighted by atomic mass is 10.0. The number of fused-ring (bicyclic) bond motifs is 1. The van der Waals surface area contributed by atoms with Crippen molar-refractivity contribution in [3.63, 3.8) is 0 Å². The number of aliphatic hydroxyl groups excluding tert-OH is 1. The number of carbonyl (C=O) groups excluding carboxylic acids is 3. The van der Waals surface area contributed by atoms with Gasteiger partial charge in [0.15, 0.2) is 0 Å². The van der Waals surface area contributed by atoms with Gasteiger partial charge in [-0.3, -0.25) is 24.2 Å². The van der Waals surface area contributed by atoms with Crippen LogP contribution in [-0.4, -0.2) is 70.7 Å². The lowest BCUT2D eigenvalue weighted by Crippen LogP contribution is -2.55. The number of amides is 3. The highest BCUT2D eigenvalue weighted by molar-refractivity contribution is 6.25. The van der Waals surface area contributed by atoms with E-state index < -0.39 is 30.0 Å². The molecule has 2 aromatic carbocycles. The fraction of sp³-hybridized carbons (Fsp3) is 0.500. The molecule has 2 fully saturated rings. The molecule has 9 nitrogen and oxygen atoms in total. The van der Waals surface area contributed by atoms with E-state index in [1.807, 2.05) is 0 Å². The van der Waals surface area contributed by atoms with E-state index in [9.17, 15) is 19.5 Å². The van der Waals surface area contributed by atoms with Crippen molar-refractivity contribution in [2.24, 2.45) is 5.92 Å². The lowest BCUT2D eigenvalue weighted by molar-refractivity contribution is -0.131. The number of nitrogens with zero attached hydrogens (tertiary/aromatic N) is 2. The summed E-state index contributed by atoms with van der Waals surface area (Å²) in [5.74, 6) is -0.905. The van der Waals surface area contributed by atoms with Crippen LogP contribution in [0.1, 0.15) is 71.4 Å². The average molecular weight is 535 g/mol. The van der Waals surface area contributed by atoms with Crippen LogP contribution in [0.15, 0.2) is 42.5 Å². The molecule has 3 heterocycles. The van der Waals surface area contributed by atoms with Crippen LogP contribution in [0.2, 0.25) is 0 Å². The van der Waals surface area contributed by atoms with Crippen molar-refractivity contribution in [1.29, 1.82) is 0 Å². The van der Waals surface area contributed by atoms with Crippen LogP contribution in [0.25, 0.3) is 0 Å². The van der Waals surface area contributed by atoms with Crippen molar-refractivity contribution in [2.45, 2.75) is 71.0 Å². The Bertz CT molecular complexity index is 1210. The van der Waals surface area contributed by atoms with Crippen LogP contribution >= 0.6 is 0 Å². The van der Waals surface area contributed by atoms with Gasteiger partial charge >= 0.3 is 0 Å². The number of imide groups is 1. The molecule has 3 aliphatic heterocycles. The van der Waals surface area contributed by atoms with Crippen molar-refractivity contribution >= 4 is 23.4 Å². The standard InChI is InChI=1S/C30H38N4O5/c1-19(2)18-39-22-12-14-33(15-13-22)17-21-8-6-20(7-9-21)16-31-24-5-3-4-23-27(24)30(38)34(29(23)37)25-10-11-26(35)32-28(25)36/h3-9,19,22,25-26,31,35H,10-18H2,1-2H3,(H,32,36). The second-order valence-corrected chi connectivity index (χ2v) is 11.2. The number of carbonyl (C=O) groups is 3. The summed E-state index contributed by atoms with van der Waals surface area (Å²) in [5.41, 5.74) is 3.47. The molecule has 0 aliphatic carbocycles. The Morgan fingerprint density at radius 2 is 1.69 bits per heavy atom. The number of nitrogens with one attached hydrogen (secondary N) is 2. The van der Waals surface area contributed by atoms with Gasteiger partial charge in [-0.2, -0.15) is 0 Å². The number of hydrogen-bond donors (Lipinski definition) is 3. The van der Waals surface area contributed by atoms with Gasteiger partial charge in [-0.1, -0.05) is 44.2 Å². The Labute approximate surface area is 229 Å². The number of anilines is 1. The Morgan fingerprint density at radius 3 is 2.38 bits per heavy atom. The third-order valence-corrected chi connectivity index (χ3v) is 7.70. The van der Waals surface area contributed by atoms with E-state index >= 15 is 0 Å². The molecule has 2 aromatic rings. The number of ether oxygens (including phenoxy) is 1. The summed E-state index contributed by atoms with van der Waals surface area (Å²) in [6.45, 7) is 8.68. The number of hydrogen-bond acceptors (Lipinski definition) is 7. The quantitative estimate of drug-likeness (QED) is 0.424. The third kappa shape index (κ3) is 6.16. The summed E-state index contributed by atoms with van der Waals surface area (Å²) in [5, 5.41) is 15.4. The third-order valence-electron chi connectivity index (χ3n) is 7.70. The van der Waals surface area contributed by atoms with Gasteiger partial charge in [-0.05, 0) is 54.9 Å². The first kappa shape index (κ1) is 27.3. The van der Waals surface area contributed by atoms with Gasteiger partial charge in [0.05, 0.1) is 17.2 Å². The number of rotatable bonds is 9. The summed E-state index contributed by atoms with van der Waals surface area (Å²) in [6.07, 6.45) is 2.09. The van der Waals surface area contributed by atoms with Gasteiger partial charge in [0.1, 0.15) is 12.3 Å². The minimum Gasteiger partial charge on any atom is -0.380 e. The van der Waals surface area contributed by atoms with Crippen molar-refractivity contribution in [3.05, 3.63) is 64.7 Å². The number of piperidine rings is 2. The Hall–Kier alpha value is -3.27. The normalized spacial score (nSPS) is 22.4. The highest BCUT2D eigenvalue weighted by atomic mass is 16.5. The van der Waals surface area contributed by atoms with Crippen LogP contribution < -0.4 is 10.6 Å². The van der Waals surface area contributed by atoms with E-state index in [1.165, 1.54) is 5.56 Å². The van der Waals surface area contributed by atoms with Crippen LogP contribution in [-0.2, 0) is 22.6 Å². The molecule has 0 radical (unpaired) electrons. The van der Waals surface area contributed by atoms with Gasteiger partial charge in [0.2, 0.25) is 5.91 Å². The van der Waals surface area contributed by atoms with E-state index in [-0.39, 0.29) is 18.4 Å². The fourth-order valence-corrected chi connectivity index (χ4v) is 5.54. The highest BCUT2D eigenvalue weighted by Gasteiger charge is 2.45. The average Bonchev–Trinajstić information content (AvgIpc) is 3.18. The number of likely N-dealkylation sites (tertiary alicyclic amines) is 1. The zero-order chi connectivity index (χ0) is 27.5. The molecule has 3 N–H and O–H groups in total. The van der Waals surface area contributed by atoms with E-state index in [1.54, 1.807) is 18.2 Å². The van der Waals surface area contributed by atoms with Gasteiger partial charge in [-0.25, -0.2) is 0 Å². The molecule has 9 heteroatoms. The van der Waals surface area contributed by atoms with E-state index in [0.29, 0.717) is 29.8 Å². The van der Waals surface area contributed by atoms with Gasteiger partial charge < -0.3 is 20.5 Å². The zero-order valence-electron chi connectivity index (χ0n) is 22.7. The van der Waals surface area contributed by atoms with Crippen LogP contribution in [0.5, 0.6) is 0 Å². The van der Waals surface area contributed by atoms with E-state index in [0.717, 1.165) is 49.5 Å². The van der Waals surface area contributed by atoms with Crippen molar-refractivity contribution in [1.82, 2.24) is 15.1 Å². The number of aliphatic hydroxyl groups is 1. The zero-order valence-corrected chi connectivity index (χ0v) is 22.7. The molecule has 5 rings (SSSR count). The molecule has 0 saturated carbocycles. The summed E-state index contributed by atoms with van der Waals surface area (Å²) in [4.78, 5) is 42.3. The summed E-state index contributed by atoms with van der Waals surface area (Å²) in [6, 6.07) is 12.7. The molecule has 2 saturated heterocycles. The molecule has 2 atom stereocenters. The maximum atomic E-state index is 13.3. The largest absolute Gasteiger partial charge is 0.380 e. The molecule has 2 unspecified atom stereocenters. The van der Waals surface area contributed by atoms with Crippen LogP contribution in [0, 0.1) is 5.92 Å². The molecular formula is C30H38N4O5. The number of benzene rings is 2. The van der Waals surface area contributed by atoms with Gasteiger partial charge in [-0.15, -0.1) is 0 Å². The summed E-state index contributed by atoms with van der Waals surface area (Å²) in [7, 11) is 0. The fourth-order valence-electron chi connectivity index (χ4n) is 5.54. The van der Waals surface area contributed by atoms with Crippen LogP contribution in [0.3, 0.4) is 0 Å². The van der Waals surface area contributed by atoms with Crippen molar-refractivity contribution in [3.8, 4) is 0 Å². The predicted molar refractivity (Wildman–Crippen MR) is 147 cm³/mol. The van der Waals surface area contributed by atoms with E-state index in [2.05, 4.69) is 53.6 Å². The molecule has 0 spiro atoms. The maximum absolute atomic E-state index is 13.3. The summed E-state index contributed by atoms with van der Waals surface area (Å²) >= 11 is 0. The monoisotopic (exact) mass is 534 g/mol. The first-order valence-electron chi connectivity index (χ1n) is 13.9. The predicted octanol–water partition coefficient (Wildman–Crippen LogP) is 3.13. The summed E-state index contributed by atoms with van der Waals surface area (Å²) < 4.78 is 6.00. The second kappa shape index (κ2) is 11.9. The molecule has 208 valence electrons. The topological polar surface area (TPSA) is 111 Å². The Balaban J connectivity index is 1.17. The smallest absolute Gasteiger partial charge is 0.264 e. The Morgan fingerprint density at radius 1 is 0.974 bits per heavy atom. The van der Waals surface area contributed by atoms with Gasteiger partial charge in [0.25, 0.3) is 11.8 Å². The minimum absolute atomic E-state index is 0.234. The minimum atomic E-state index is -0.950. The van der Waals surface area contributed by atoms with Crippen molar-refractivity contribution in [2.75, 3.05) is 25.0 Å². The molecule has 0 bridgehead atoms. The SMILES string of the molecule is CC(C)COC1CCN(Cc2ccc(CNc3cccc4c3C(=O)N(C3CCC(O)NC3=O)C4=O)cc2)CC1. The van der Waals surface area contributed by atoms with Crippen molar-refractivity contribution < 1.29 is 24.2 Å². The molecule has 39 heavy (non-hydrogen) atoms. The second-order valence-electron chi connectivity index (χ2n) is 11.2. The molecule has 0 aromatic heterocycles. The van der Waals surface area contributed by atoms with Gasteiger partial charge in [0, 0.05) is 38.5 Å². The highest BCUT2D eigenvalue weighted by Crippen LogP contribution is 2.33. The van der Waals surface area contributed by atoms with E-state index in [4.69, 9.17) is 4.74 Å². The Kier molecular flexibility index (Phi) is 8.30. The maximum Gasteiger partial charge on any atom is 0.264 e. The lowest BCUT2D eigenvalue weighted by Gasteiger charge is -2.32. The molecular weight excluding hydrogens is 496 g/mol.